The van der Waals surface area contributed by atoms with Gasteiger partial charge in [0.2, 0.25) is 0 Å². The van der Waals surface area contributed by atoms with Crippen molar-refractivity contribution in [3.05, 3.63) is 32.8 Å². The highest BCUT2D eigenvalue weighted by Crippen LogP contribution is 2.31. The fraction of sp³-hybridized carbons (Fsp3) is 0.500. The van der Waals surface area contributed by atoms with Gasteiger partial charge in [0.05, 0.1) is 10.0 Å². The Morgan fingerprint density at radius 1 is 1.24 bits per heavy atom. The minimum atomic E-state index is 0.558. The molecule has 1 heterocycles. The number of benzene rings is 1. The van der Waals surface area contributed by atoms with Crippen LogP contribution in [0.2, 0.25) is 15.1 Å². The highest BCUT2D eigenvalue weighted by Gasteiger charge is 2.15. The van der Waals surface area contributed by atoms with Gasteiger partial charge in [-0.05, 0) is 30.7 Å². The molecule has 0 aliphatic carbocycles. The maximum atomic E-state index is 6.13. The van der Waals surface area contributed by atoms with Crippen LogP contribution in [-0.2, 0) is 6.54 Å². The number of hydrogen-bond acceptors (Lipinski definition) is 2. The molecule has 1 N–H and O–H groups in total. The Balaban J connectivity index is 1.91. The van der Waals surface area contributed by atoms with E-state index >= 15 is 0 Å². The molecule has 1 fully saturated rings. The van der Waals surface area contributed by atoms with Crippen LogP contribution in [-0.4, -0.2) is 17.5 Å². The Morgan fingerprint density at radius 2 is 2.00 bits per heavy atom. The summed E-state index contributed by atoms with van der Waals surface area (Å²) in [7, 11) is 0. The van der Waals surface area contributed by atoms with Crippen molar-refractivity contribution >= 4 is 46.6 Å². The van der Waals surface area contributed by atoms with Crippen molar-refractivity contribution in [1.82, 2.24) is 5.32 Å². The van der Waals surface area contributed by atoms with Crippen molar-refractivity contribution < 1.29 is 0 Å². The molecule has 1 aliphatic rings. The zero-order valence-electron chi connectivity index (χ0n) is 9.31. The lowest BCUT2D eigenvalue weighted by Gasteiger charge is -2.12. The molecule has 0 bridgehead atoms. The first kappa shape index (κ1) is 13.8. The van der Waals surface area contributed by atoms with Crippen LogP contribution in [0, 0.1) is 0 Å². The predicted molar refractivity (Wildman–Crippen MR) is 78.7 cm³/mol. The summed E-state index contributed by atoms with van der Waals surface area (Å²) in [5.41, 5.74) is 0.892. The molecule has 94 valence electrons. The van der Waals surface area contributed by atoms with Crippen molar-refractivity contribution in [2.75, 3.05) is 12.3 Å². The molecule has 1 saturated heterocycles. The summed E-state index contributed by atoms with van der Waals surface area (Å²) >= 11 is 20.2. The summed E-state index contributed by atoms with van der Waals surface area (Å²) in [4.78, 5) is 0. The Bertz CT molecular complexity index is 392. The van der Waals surface area contributed by atoms with E-state index in [0.29, 0.717) is 21.6 Å². The first-order chi connectivity index (χ1) is 8.18. The van der Waals surface area contributed by atoms with Gasteiger partial charge in [-0.1, -0.05) is 34.8 Å². The summed E-state index contributed by atoms with van der Waals surface area (Å²) in [6.07, 6.45) is 2.63. The predicted octanol–water partition coefficient (Wildman–Crippen LogP) is 4.63. The molecule has 1 unspecified atom stereocenters. The lowest BCUT2D eigenvalue weighted by atomic mass is 10.2. The van der Waals surface area contributed by atoms with Gasteiger partial charge in [0.1, 0.15) is 0 Å². The summed E-state index contributed by atoms with van der Waals surface area (Å²) in [5, 5.41) is 5.92. The normalized spacial score (nSPS) is 19.8. The van der Waals surface area contributed by atoms with Gasteiger partial charge in [-0.2, -0.15) is 11.8 Å². The van der Waals surface area contributed by atoms with E-state index in [2.05, 4.69) is 5.32 Å². The summed E-state index contributed by atoms with van der Waals surface area (Å²) in [6, 6.07) is 3.51. The number of rotatable bonds is 4. The minimum Gasteiger partial charge on any atom is -0.311 e. The zero-order chi connectivity index (χ0) is 12.3. The van der Waals surface area contributed by atoms with Gasteiger partial charge in [-0.25, -0.2) is 0 Å². The first-order valence-corrected chi connectivity index (χ1v) is 7.81. The molecule has 0 amide bonds. The lowest BCUT2D eigenvalue weighted by Crippen LogP contribution is -2.23. The van der Waals surface area contributed by atoms with Gasteiger partial charge in [-0.3, -0.25) is 0 Å². The van der Waals surface area contributed by atoms with Crippen LogP contribution in [0.25, 0.3) is 0 Å². The summed E-state index contributed by atoms with van der Waals surface area (Å²) in [6.45, 7) is 1.68. The molecule has 1 aliphatic heterocycles. The van der Waals surface area contributed by atoms with Crippen LogP contribution in [0.3, 0.4) is 0 Å². The largest absolute Gasteiger partial charge is 0.311 e. The van der Waals surface area contributed by atoms with Gasteiger partial charge in [-0.15, -0.1) is 0 Å². The average Bonchev–Trinajstić information content (AvgIpc) is 2.81. The monoisotopic (exact) mass is 309 g/mol. The number of thioether (sulfide) groups is 1. The topological polar surface area (TPSA) is 12.0 Å². The molecule has 5 heteroatoms. The van der Waals surface area contributed by atoms with Crippen LogP contribution in [0.1, 0.15) is 18.4 Å². The molecule has 1 atom stereocenters. The van der Waals surface area contributed by atoms with Gasteiger partial charge in [0, 0.05) is 28.9 Å². The van der Waals surface area contributed by atoms with E-state index in [1.165, 1.54) is 18.6 Å². The van der Waals surface area contributed by atoms with E-state index in [9.17, 15) is 0 Å². The molecule has 0 aromatic heterocycles. The molecule has 0 radical (unpaired) electrons. The van der Waals surface area contributed by atoms with Crippen LogP contribution in [0.4, 0.5) is 0 Å². The second-order valence-corrected chi connectivity index (χ2v) is 6.69. The van der Waals surface area contributed by atoms with Crippen LogP contribution in [0.5, 0.6) is 0 Å². The number of nitrogens with one attached hydrogen (secondary N) is 1. The highest BCUT2D eigenvalue weighted by molar-refractivity contribution is 8.00. The van der Waals surface area contributed by atoms with Gasteiger partial charge in [0.25, 0.3) is 0 Å². The molecule has 2 rings (SSSR count). The van der Waals surface area contributed by atoms with Crippen LogP contribution < -0.4 is 5.32 Å². The highest BCUT2D eigenvalue weighted by atomic mass is 35.5. The fourth-order valence-corrected chi connectivity index (χ4v) is 3.81. The van der Waals surface area contributed by atoms with Crippen molar-refractivity contribution in [2.45, 2.75) is 24.6 Å². The molecule has 1 aromatic carbocycles. The quantitative estimate of drug-likeness (QED) is 0.814. The number of halogens is 3. The molecule has 0 spiro atoms. The third-order valence-corrected chi connectivity index (χ3v) is 5.43. The average molecular weight is 311 g/mol. The lowest BCUT2D eigenvalue weighted by molar-refractivity contribution is 0.646. The molecule has 0 saturated carbocycles. The first-order valence-electron chi connectivity index (χ1n) is 5.63. The Morgan fingerprint density at radius 3 is 2.71 bits per heavy atom. The standard InChI is InChI=1S/C12H14Cl3NS/c13-10-3-4-11(14)12(15)9(10)7-16-6-8-2-1-5-17-8/h3-4,8,16H,1-2,5-7H2. The SMILES string of the molecule is Clc1ccc(Cl)c(CNCC2CCCS2)c1Cl. The van der Waals surface area contributed by atoms with Crippen molar-refractivity contribution in [1.29, 1.82) is 0 Å². The smallest absolute Gasteiger partial charge is 0.0652 e. The number of hydrogen-bond donors (Lipinski definition) is 1. The van der Waals surface area contributed by atoms with E-state index in [-0.39, 0.29) is 0 Å². The van der Waals surface area contributed by atoms with Crippen molar-refractivity contribution in [2.24, 2.45) is 0 Å². The molecular formula is C12H14Cl3NS. The van der Waals surface area contributed by atoms with E-state index in [4.69, 9.17) is 34.8 Å². The second kappa shape index (κ2) is 6.53. The van der Waals surface area contributed by atoms with Crippen molar-refractivity contribution in [3.8, 4) is 0 Å². The Labute approximate surface area is 121 Å². The van der Waals surface area contributed by atoms with E-state index < -0.39 is 0 Å². The van der Waals surface area contributed by atoms with Gasteiger partial charge >= 0.3 is 0 Å². The maximum Gasteiger partial charge on any atom is 0.0652 e. The van der Waals surface area contributed by atoms with Crippen LogP contribution >= 0.6 is 46.6 Å². The Kier molecular flexibility index (Phi) is 5.31. The third kappa shape index (κ3) is 3.68. The van der Waals surface area contributed by atoms with Gasteiger partial charge < -0.3 is 5.32 Å². The summed E-state index contributed by atoms with van der Waals surface area (Å²) in [5.74, 6) is 1.28. The van der Waals surface area contributed by atoms with Crippen molar-refractivity contribution in [3.63, 3.8) is 0 Å². The molecule has 1 aromatic rings. The zero-order valence-corrected chi connectivity index (χ0v) is 12.4. The molecule has 1 nitrogen and oxygen atoms in total. The van der Waals surface area contributed by atoms with Crippen LogP contribution in [0.15, 0.2) is 12.1 Å². The van der Waals surface area contributed by atoms with E-state index in [1.807, 2.05) is 11.8 Å². The minimum absolute atomic E-state index is 0.558. The van der Waals surface area contributed by atoms with E-state index in [0.717, 1.165) is 17.4 Å². The molecule has 17 heavy (non-hydrogen) atoms. The maximum absolute atomic E-state index is 6.13. The summed E-state index contributed by atoms with van der Waals surface area (Å²) < 4.78 is 0. The fourth-order valence-electron chi connectivity index (χ4n) is 1.89. The Hall–Kier alpha value is 0.400. The van der Waals surface area contributed by atoms with E-state index in [1.54, 1.807) is 12.1 Å². The molecular weight excluding hydrogens is 297 g/mol. The third-order valence-electron chi connectivity index (χ3n) is 2.84. The van der Waals surface area contributed by atoms with Gasteiger partial charge in [0.15, 0.2) is 0 Å². The second-order valence-electron chi connectivity index (χ2n) is 4.09.